The molecule has 220 valence electrons. The van der Waals surface area contributed by atoms with Crippen LogP contribution >= 0.6 is 11.8 Å². The standard InChI is InChI=1S/C33H33FN6O2S/c1-22-27(34)12-11-24-9-6-10-29(30(22)24)38-16-14-26-28(20-38)36-32(43-2)37-31(26)39-17-18-40(25(19-39)13-15-35)33(41)42-21-23-7-4-3-5-8-23/h3-12,25H,13-14,16-21H2,1-2H3/t25-/m0/s1. The van der Waals surface area contributed by atoms with Gasteiger partial charge in [-0.25, -0.2) is 19.2 Å². The Balaban J connectivity index is 1.24. The minimum absolute atomic E-state index is 0.190. The number of hydrogen-bond acceptors (Lipinski definition) is 8. The second-order valence-electron chi connectivity index (χ2n) is 10.9. The smallest absolute Gasteiger partial charge is 0.410 e. The molecule has 43 heavy (non-hydrogen) atoms. The average Bonchev–Trinajstić information content (AvgIpc) is 3.05. The molecule has 6 rings (SSSR count). The molecule has 1 atom stereocenters. The third-order valence-electron chi connectivity index (χ3n) is 8.31. The van der Waals surface area contributed by atoms with Crippen LogP contribution in [0.4, 0.5) is 20.7 Å². The molecule has 2 aliphatic heterocycles. The number of carbonyl (C=O) groups is 1. The van der Waals surface area contributed by atoms with Gasteiger partial charge in [0.05, 0.1) is 30.8 Å². The number of piperazine rings is 1. The van der Waals surface area contributed by atoms with Crippen molar-refractivity contribution < 1.29 is 13.9 Å². The lowest BCUT2D eigenvalue weighted by atomic mass is 9.99. The maximum Gasteiger partial charge on any atom is 0.410 e. The number of rotatable bonds is 6. The molecule has 4 aromatic rings. The number of halogens is 1. The molecule has 1 fully saturated rings. The largest absolute Gasteiger partial charge is 0.445 e. The van der Waals surface area contributed by atoms with Gasteiger partial charge >= 0.3 is 6.09 Å². The Hall–Kier alpha value is -4.36. The van der Waals surface area contributed by atoms with E-state index in [0.29, 0.717) is 36.9 Å². The van der Waals surface area contributed by atoms with Crippen LogP contribution in [0.1, 0.15) is 28.8 Å². The zero-order valence-electron chi connectivity index (χ0n) is 24.3. The second kappa shape index (κ2) is 12.5. The van der Waals surface area contributed by atoms with E-state index >= 15 is 0 Å². The first-order valence-electron chi connectivity index (χ1n) is 14.4. The van der Waals surface area contributed by atoms with E-state index in [-0.39, 0.29) is 24.9 Å². The van der Waals surface area contributed by atoms with Crippen molar-refractivity contribution >= 4 is 40.1 Å². The molecule has 0 aliphatic carbocycles. The summed E-state index contributed by atoms with van der Waals surface area (Å²) in [7, 11) is 0. The monoisotopic (exact) mass is 596 g/mol. The Labute approximate surface area is 255 Å². The zero-order valence-corrected chi connectivity index (χ0v) is 25.1. The highest BCUT2D eigenvalue weighted by Gasteiger charge is 2.34. The summed E-state index contributed by atoms with van der Waals surface area (Å²) in [6.07, 6.45) is 2.48. The summed E-state index contributed by atoms with van der Waals surface area (Å²) in [5.41, 5.74) is 4.61. The molecule has 0 unspecified atom stereocenters. The van der Waals surface area contributed by atoms with Crippen LogP contribution in [0.25, 0.3) is 10.8 Å². The molecule has 3 aromatic carbocycles. The molecule has 1 amide bonds. The van der Waals surface area contributed by atoms with Crippen molar-refractivity contribution in [1.82, 2.24) is 14.9 Å². The molecule has 0 saturated carbocycles. The number of fused-ring (bicyclic) bond motifs is 2. The van der Waals surface area contributed by atoms with Gasteiger partial charge in [-0.15, -0.1) is 0 Å². The van der Waals surface area contributed by atoms with Gasteiger partial charge in [0.2, 0.25) is 0 Å². The number of hydrogen-bond donors (Lipinski definition) is 0. The van der Waals surface area contributed by atoms with Gasteiger partial charge in [-0.1, -0.05) is 60.3 Å². The van der Waals surface area contributed by atoms with Crippen LogP contribution in [-0.2, 0) is 24.3 Å². The van der Waals surface area contributed by atoms with Crippen molar-refractivity contribution in [3.05, 3.63) is 88.9 Å². The Bertz CT molecular complexity index is 1690. The SMILES string of the molecule is CSc1nc2c(c(N3CCN(C(=O)OCc4ccccc4)[C@@H](CC#N)C3)n1)CCN(c1cccc3ccc(F)c(C)c13)C2. The number of aromatic nitrogens is 2. The Kier molecular flexibility index (Phi) is 8.34. The number of amides is 1. The number of nitriles is 1. The minimum Gasteiger partial charge on any atom is -0.445 e. The van der Waals surface area contributed by atoms with Gasteiger partial charge in [-0.05, 0) is 48.2 Å². The normalized spacial score (nSPS) is 16.6. The number of thioether (sulfide) groups is 1. The summed E-state index contributed by atoms with van der Waals surface area (Å²) in [5.74, 6) is 0.663. The lowest BCUT2D eigenvalue weighted by Gasteiger charge is -2.42. The number of benzene rings is 3. The van der Waals surface area contributed by atoms with Crippen LogP contribution in [0, 0.1) is 24.1 Å². The molecule has 0 N–H and O–H groups in total. The molecule has 1 saturated heterocycles. The quantitative estimate of drug-likeness (QED) is 0.195. The highest BCUT2D eigenvalue weighted by molar-refractivity contribution is 7.98. The van der Waals surface area contributed by atoms with Crippen LogP contribution in [0.3, 0.4) is 0 Å². The molecular weight excluding hydrogens is 563 g/mol. The van der Waals surface area contributed by atoms with E-state index in [4.69, 9.17) is 14.7 Å². The molecule has 0 radical (unpaired) electrons. The van der Waals surface area contributed by atoms with Crippen molar-refractivity contribution in [3.8, 4) is 6.07 Å². The summed E-state index contributed by atoms with van der Waals surface area (Å²) >= 11 is 1.49. The number of carbonyl (C=O) groups excluding carboxylic acids is 1. The van der Waals surface area contributed by atoms with Crippen molar-refractivity contribution in [2.75, 3.05) is 42.2 Å². The van der Waals surface area contributed by atoms with Crippen LogP contribution in [0.2, 0.25) is 0 Å². The van der Waals surface area contributed by atoms with E-state index in [2.05, 4.69) is 21.9 Å². The lowest BCUT2D eigenvalue weighted by Crippen LogP contribution is -2.55. The third-order valence-corrected chi connectivity index (χ3v) is 8.86. The Morgan fingerprint density at radius 3 is 2.70 bits per heavy atom. The molecule has 10 heteroatoms. The number of anilines is 2. The van der Waals surface area contributed by atoms with Crippen molar-refractivity contribution in [3.63, 3.8) is 0 Å². The average molecular weight is 597 g/mol. The molecule has 1 aromatic heterocycles. The van der Waals surface area contributed by atoms with E-state index in [1.807, 2.05) is 61.7 Å². The highest BCUT2D eigenvalue weighted by Crippen LogP contribution is 2.36. The molecule has 0 bridgehead atoms. The molecule has 3 heterocycles. The van der Waals surface area contributed by atoms with E-state index in [9.17, 15) is 14.4 Å². The predicted molar refractivity (Wildman–Crippen MR) is 167 cm³/mol. The minimum atomic E-state index is -0.407. The summed E-state index contributed by atoms with van der Waals surface area (Å²) < 4.78 is 20.2. The molecule has 8 nitrogen and oxygen atoms in total. The lowest BCUT2D eigenvalue weighted by molar-refractivity contribution is 0.0767. The Morgan fingerprint density at radius 2 is 1.91 bits per heavy atom. The fraction of sp³-hybridized carbons (Fsp3) is 0.333. The Morgan fingerprint density at radius 1 is 1.07 bits per heavy atom. The van der Waals surface area contributed by atoms with Gasteiger partial charge < -0.3 is 19.4 Å². The zero-order chi connectivity index (χ0) is 29.9. The van der Waals surface area contributed by atoms with Gasteiger partial charge in [0, 0.05) is 42.8 Å². The van der Waals surface area contributed by atoms with Gasteiger partial charge in [-0.2, -0.15) is 5.26 Å². The molecule has 0 spiro atoms. The first kappa shape index (κ1) is 28.7. The van der Waals surface area contributed by atoms with E-state index < -0.39 is 6.09 Å². The molecule has 2 aliphatic rings. The van der Waals surface area contributed by atoms with Crippen molar-refractivity contribution in [2.24, 2.45) is 0 Å². The predicted octanol–water partition coefficient (Wildman–Crippen LogP) is 6.10. The van der Waals surface area contributed by atoms with Gasteiger partial charge in [-0.3, -0.25) is 0 Å². The maximum atomic E-state index is 14.6. The van der Waals surface area contributed by atoms with Crippen LogP contribution in [0.5, 0.6) is 0 Å². The number of nitrogens with zero attached hydrogens (tertiary/aromatic N) is 6. The second-order valence-corrected chi connectivity index (χ2v) is 11.6. The summed E-state index contributed by atoms with van der Waals surface area (Å²) in [5, 5.41) is 12.2. The topological polar surface area (TPSA) is 85.6 Å². The molecular formula is C33H33FN6O2S. The van der Waals surface area contributed by atoms with Crippen LogP contribution < -0.4 is 9.80 Å². The first-order valence-corrected chi connectivity index (χ1v) is 15.6. The van der Waals surface area contributed by atoms with Gasteiger partial charge in [0.25, 0.3) is 0 Å². The fourth-order valence-electron chi connectivity index (χ4n) is 6.09. The summed E-state index contributed by atoms with van der Waals surface area (Å²) in [6.45, 7) is 4.84. The van der Waals surface area contributed by atoms with Gasteiger partial charge in [0.1, 0.15) is 18.2 Å². The van der Waals surface area contributed by atoms with Crippen LogP contribution in [0.15, 0.2) is 65.8 Å². The highest BCUT2D eigenvalue weighted by atomic mass is 32.2. The fourth-order valence-corrected chi connectivity index (χ4v) is 6.47. The van der Waals surface area contributed by atoms with E-state index in [0.717, 1.165) is 52.1 Å². The van der Waals surface area contributed by atoms with E-state index in [1.165, 1.54) is 17.8 Å². The number of ether oxygens (including phenoxy) is 1. The maximum absolute atomic E-state index is 14.6. The first-order chi connectivity index (χ1) is 21.0. The van der Waals surface area contributed by atoms with Crippen molar-refractivity contribution in [1.29, 1.82) is 5.26 Å². The summed E-state index contributed by atoms with van der Waals surface area (Å²) in [4.78, 5) is 29.0. The summed E-state index contributed by atoms with van der Waals surface area (Å²) in [6, 6.07) is 21.0. The third kappa shape index (κ3) is 5.82. The van der Waals surface area contributed by atoms with Crippen molar-refractivity contribution in [2.45, 2.75) is 44.1 Å². The number of aryl methyl sites for hydroxylation is 1. The van der Waals surface area contributed by atoms with E-state index in [1.54, 1.807) is 4.90 Å². The van der Waals surface area contributed by atoms with Gasteiger partial charge in [0.15, 0.2) is 5.16 Å². The van der Waals surface area contributed by atoms with Crippen LogP contribution in [-0.4, -0.2) is 59.4 Å².